The van der Waals surface area contributed by atoms with E-state index in [1.807, 2.05) is 0 Å². The summed E-state index contributed by atoms with van der Waals surface area (Å²) in [6.45, 7) is 0. The molecule has 7 heavy (non-hydrogen) atoms. The molecule has 0 aromatic rings. The maximum atomic E-state index is 0. The molecule has 48 valence electrons. The van der Waals surface area contributed by atoms with Gasteiger partial charge in [0.05, 0.1) is 0 Å². The van der Waals surface area contributed by atoms with Crippen molar-refractivity contribution in [1.29, 1.82) is 0 Å². The first-order chi connectivity index (χ1) is 0. The minimum Gasteiger partial charge on any atom is -1.00 e. The molecule has 0 saturated heterocycles. The van der Waals surface area contributed by atoms with E-state index in [4.69, 9.17) is 0 Å². The molecule has 8 N–H and O–H groups in total. The predicted octanol–water partition coefficient (Wildman–Crippen LogP) is -4.64. The minimum atomic E-state index is 0. The average Bonchev–Trinajstić information content (AvgIpc) is 0. The summed E-state index contributed by atoms with van der Waals surface area (Å²) in [4.78, 5) is 0. The van der Waals surface area contributed by atoms with Gasteiger partial charge in [0.2, 0.25) is 0 Å². The Morgan fingerprint density at radius 1 is 0.714 bits per heavy atom. The standard InChI is InChI=1S/Bi.Mg.4H2O.Ti.5H/h;;4*1H2;;;;;;/q;+2;;;;;;;;;2*-1. The van der Waals surface area contributed by atoms with Crippen LogP contribution in [0.1, 0.15) is 2.85 Å². The van der Waals surface area contributed by atoms with E-state index < -0.39 is 0 Å². The van der Waals surface area contributed by atoms with Crippen LogP contribution in [-0.4, -0.2) is 71.2 Å². The SMILES string of the molecule is O.O.O.O.[BiH3].[H-].[H-].[Mg+2].[Ti]. The van der Waals surface area contributed by atoms with Crippen LogP contribution in [-0.2, 0) is 21.7 Å². The van der Waals surface area contributed by atoms with Crippen molar-refractivity contribution in [3.8, 4) is 0 Å². The van der Waals surface area contributed by atoms with Gasteiger partial charge in [-0.05, 0) is 0 Å². The van der Waals surface area contributed by atoms with E-state index in [0.29, 0.717) is 0 Å². The van der Waals surface area contributed by atoms with Crippen molar-refractivity contribution in [2.45, 2.75) is 0 Å². The van der Waals surface area contributed by atoms with Crippen LogP contribution in [0.5, 0.6) is 0 Å². The van der Waals surface area contributed by atoms with Gasteiger partial charge in [0.25, 0.3) is 0 Å². The van der Waals surface area contributed by atoms with E-state index in [0.717, 1.165) is 0 Å². The Morgan fingerprint density at radius 3 is 0.714 bits per heavy atom. The molecule has 0 atom stereocenters. The molecular formula is H13BiMgO4Ti. The van der Waals surface area contributed by atoms with Crippen LogP contribution >= 0.6 is 0 Å². The Balaban J connectivity index is 0. The number of hydrogen-bond acceptors (Lipinski definition) is 0. The van der Waals surface area contributed by atoms with E-state index in [1.165, 1.54) is 0 Å². The molecular weight excluding hydrogens is 345 g/mol. The average molecular weight is 358 g/mol. The molecule has 0 aliphatic rings. The smallest absolute Gasteiger partial charge is 1.00 e. The van der Waals surface area contributed by atoms with Gasteiger partial charge in [0.1, 0.15) is 0 Å². The zero-order valence-electron chi connectivity index (χ0n) is 5.91. The van der Waals surface area contributed by atoms with Crippen molar-refractivity contribution in [1.82, 2.24) is 0 Å². The predicted molar refractivity (Wildman–Crippen MR) is 32.4 cm³/mol. The van der Waals surface area contributed by atoms with Gasteiger partial charge in [0.15, 0.2) is 0 Å². The third kappa shape index (κ3) is 65.0. The van der Waals surface area contributed by atoms with E-state index in [1.54, 1.807) is 0 Å². The topological polar surface area (TPSA) is 126 Å². The van der Waals surface area contributed by atoms with Gasteiger partial charge in [-0.2, -0.15) is 0 Å². The zero-order chi connectivity index (χ0) is 0. The van der Waals surface area contributed by atoms with Gasteiger partial charge in [-0.25, -0.2) is 0 Å². The number of rotatable bonds is 0. The Bertz CT molecular complexity index is 18.5. The van der Waals surface area contributed by atoms with Crippen LogP contribution in [0.15, 0.2) is 0 Å². The third-order valence-electron chi connectivity index (χ3n) is 0. The van der Waals surface area contributed by atoms with Gasteiger partial charge >= 0.3 is 49.3 Å². The molecule has 0 saturated carbocycles. The van der Waals surface area contributed by atoms with E-state index in [2.05, 4.69) is 0 Å². The van der Waals surface area contributed by atoms with E-state index in [-0.39, 0.29) is 95.7 Å². The van der Waals surface area contributed by atoms with Crippen molar-refractivity contribution in [3.05, 3.63) is 0 Å². The molecule has 0 spiro atoms. The fourth-order valence-electron chi connectivity index (χ4n) is 0. The van der Waals surface area contributed by atoms with E-state index in [9.17, 15) is 0 Å². The Hall–Kier alpha value is 2.20. The molecule has 0 radical (unpaired) electrons. The molecule has 0 aromatic carbocycles. The summed E-state index contributed by atoms with van der Waals surface area (Å²) in [7, 11) is 0. The quantitative estimate of drug-likeness (QED) is 0.386. The summed E-state index contributed by atoms with van der Waals surface area (Å²) in [5.74, 6) is 0. The maximum absolute atomic E-state index is 0. The second-order valence-electron chi connectivity index (χ2n) is 0. The normalized spacial score (nSPS) is 0. The van der Waals surface area contributed by atoms with Gasteiger partial charge in [-0.3, -0.25) is 0 Å². The summed E-state index contributed by atoms with van der Waals surface area (Å²) in [5, 5.41) is 0. The minimum absolute atomic E-state index is 0. The molecule has 0 unspecified atom stereocenters. The summed E-state index contributed by atoms with van der Waals surface area (Å²) >= 11 is 0. The fourth-order valence-corrected chi connectivity index (χ4v) is 0. The zero-order valence-corrected chi connectivity index (χ0v) is 12.4. The van der Waals surface area contributed by atoms with Crippen molar-refractivity contribution < 1.29 is 46.5 Å². The van der Waals surface area contributed by atoms with Crippen molar-refractivity contribution >= 4 is 49.3 Å². The first kappa shape index (κ1) is 128. The monoisotopic (exact) mass is 358 g/mol. The molecule has 0 amide bonds. The van der Waals surface area contributed by atoms with Gasteiger partial charge in [-0.15, -0.1) is 0 Å². The van der Waals surface area contributed by atoms with Crippen molar-refractivity contribution in [2.24, 2.45) is 0 Å². The Morgan fingerprint density at radius 2 is 0.714 bits per heavy atom. The van der Waals surface area contributed by atoms with Gasteiger partial charge in [0, 0.05) is 21.7 Å². The molecule has 0 aliphatic heterocycles. The van der Waals surface area contributed by atoms with Gasteiger partial charge < -0.3 is 24.8 Å². The van der Waals surface area contributed by atoms with Crippen LogP contribution in [0.2, 0.25) is 0 Å². The van der Waals surface area contributed by atoms with Crippen LogP contribution in [0.25, 0.3) is 0 Å². The molecule has 0 aromatic heterocycles. The van der Waals surface area contributed by atoms with Crippen LogP contribution < -0.4 is 0 Å². The van der Waals surface area contributed by atoms with Crippen molar-refractivity contribution in [3.63, 3.8) is 0 Å². The Kier molecular flexibility index (Phi) is 1600. The van der Waals surface area contributed by atoms with Crippen LogP contribution in [0.3, 0.4) is 0 Å². The fraction of sp³-hybridized carbons (Fsp3) is 0. The Labute approximate surface area is 94.8 Å². The summed E-state index contributed by atoms with van der Waals surface area (Å²) in [6.07, 6.45) is 0. The summed E-state index contributed by atoms with van der Waals surface area (Å²) in [5.41, 5.74) is 0. The first-order valence-electron chi connectivity index (χ1n) is 0. The van der Waals surface area contributed by atoms with Gasteiger partial charge in [-0.1, -0.05) is 0 Å². The van der Waals surface area contributed by atoms with Crippen LogP contribution in [0.4, 0.5) is 0 Å². The first-order valence-corrected chi connectivity index (χ1v) is 0. The van der Waals surface area contributed by atoms with Crippen LogP contribution in [0, 0.1) is 0 Å². The second kappa shape index (κ2) is 87.7. The molecule has 0 fully saturated rings. The third-order valence-corrected chi connectivity index (χ3v) is 0. The molecule has 0 heterocycles. The maximum Gasteiger partial charge on any atom is 2.00 e. The largest absolute Gasteiger partial charge is 2.00 e. The summed E-state index contributed by atoms with van der Waals surface area (Å²) < 4.78 is 0. The molecule has 0 aliphatic carbocycles. The second-order valence-corrected chi connectivity index (χ2v) is 0. The van der Waals surface area contributed by atoms with Crippen molar-refractivity contribution in [2.75, 3.05) is 0 Å². The summed E-state index contributed by atoms with van der Waals surface area (Å²) in [6, 6.07) is 0. The molecule has 0 rings (SSSR count). The molecule has 0 bridgehead atoms. The number of hydrogen-bond donors (Lipinski definition) is 0. The van der Waals surface area contributed by atoms with E-state index >= 15 is 0 Å². The molecule has 7 heteroatoms. The molecule has 4 nitrogen and oxygen atoms in total.